The zero-order chi connectivity index (χ0) is 21.4. The third-order valence-corrected chi connectivity index (χ3v) is 5.09. The quantitative estimate of drug-likeness (QED) is 0.601. The molecule has 0 radical (unpaired) electrons. The first-order valence-electron chi connectivity index (χ1n) is 9.53. The summed E-state index contributed by atoms with van der Waals surface area (Å²) in [6.45, 7) is 5.43. The summed E-state index contributed by atoms with van der Waals surface area (Å²) in [5, 5.41) is 2.90. The van der Waals surface area contributed by atoms with Crippen molar-refractivity contribution in [1.82, 2.24) is 10.2 Å². The Bertz CT molecular complexity index is 846. The molecule has 2 unspecified atom stereocenters. The molecule has 2 rings (SSSR count). The van der Waals surface area contributed by atoms with E-state index in [1.165, 1.54) is 17.0 Å². The number of amides is 2. The average molecular weight is 465 g/mol. The molecule has 0 saturated carbocycles. The van der Waals surface area contributed by atoms with Crippen molar-refractivity contribution >= 4 is 27.7 Å². The molecule has 0 saturated heterocycles. The monoisotopic (exact) mass is 464 g/mol. The summed E-state index contributed by atoms with van der Waals surface area (Å²) in [6.07, 6.45) is 0.786. The van der Waals surface area contributed by atoms with Crippen molar-refractivity contribution in [2.24, 2.45) is 0 Å². The lowest BCUT2D eigenvalue weighted by atomic mass is 10.1. The fourth-order valence-corrected chi connectivity index (χ4v) is 3.11. The Morgan fingerprint density at radius 1 is 1.17 bits per heavy atom. The smallest absolute Gasteiger partial charge is 0.261 e. The number of hydrogen-bond acceptors (Lipinski definition) is 3. The van der Waals surface area contributed by atoms with E-state index in [0.29, 0.717) is 0 Å². The van der Waals surface area contributed by atoms with Crippen molar-refractivity contribution in [3.63, 3.8) is 0 Å². The molecular formula is C22H26BrFN2O3. The molecule has 2 aromatic carbocycles. The minimum absolute atomic E-state index is 0.0000321. The van der Waals surface area contributed by atoms with Gasteiger partial charge in [-0.15, -0.1) is 0 Å². The normalized spacial score (nSPS) is 12.7. The Morgan fingerprint density at radius 2 is 1.90 bits per heavy atom. The van der Waals surface area contributed by atoms with Crippen LogP contribution in [0.5, 0.6) is 5.75 Å². The second-order valence-corrected chi connectivity index (χ2v) is 7.78. The minimum Gasteiger partial charge on any atom is -0.481 e. The van der Waals surface area contributed by atoms with Crippen LogP contribution in [0.25, 0.3) is 0 Å². The second-order valence-electron chi connectivity index (χ2n) is 6.86. The van der Waals surface area contributed by atoms with Gasteiger partial charge in [0.05, 0.1) is 0 Å². The van der Waals surface area contributed by atoms with Gasteiger partial charge in [0.15, 0.2) is 18.2 Å². The summed E-state index contributed by atoms with van der Waals surface area (Å²) in [4.78, 5) is 27.0. The van der Waals surface area contributed by atoms with Gasteiger partial charge in [-0.25, -0.2) is 4.39 Å². The van der Waals surface area contributed by atoms with E-state index in [1.54, 1.807) is 19.1 Å². The van der Waals surface area contributed by atoms with Crippen LogP contribution < -0.4 is 10.1 Å². The zero-order valence-corrected chi connectivity index (χ0v) is 18.4. The Balaban J connectivity index is 2.17. The largest absolute Gasteiger partial charge is 0.481 e. The number of hydrogen-bond donors (Lipinski definition) is 1. The van der Waals surface area contributed by atoms with Gasteiger partial charge >= 0.3 is 0 Å². The van der Waals surface area contributed by atoms with E-state index < -0.39 is 17.8 Å². The fourth-order valence-electron chi connectivity index (χ4n) is 2.66. The van der Waals surface area contributed by atoms with Gasteiger partial charge in [0.1, 0.15) is 6.04 Å². The molecule has 2 atom stereocenters. The second kappa shape index (κ2) is 11.0. The lowest BCUT2D eigenvalue weighted by molar-refractivity contribution is -0.142. The van der Waals surface area contributed by atoms with Gasteiger partial charge < -0.3 is 15.0 Å². The number of para-hydroxylation sites is 1. The minimum atomic E-state index is -0.709. The molecular weight excluding hydrogens is 439 g/mol. The molecule has 0 bridgehead atoms. The van der Waals surface area contributed by atoms with Crippen molar-refractivity contribution in [3.05, 3.63) is 64.4 Å². The van der Waals surface area contributed by atoms with Crippen molar-refractivity contribution in [2.45, 2.75) is 45.8 Å². The molecule has 0 aliphatic rings. The summed E-state index contributed by atoms with van der Waals surface area (Å²) in [6, 6.07) is 12.7. The molecule has 1 N–H and O–H groups in total. The van der Waals surface area contributed by atoms with Gasteiger partial charge in [0.2, 0.25) is 5.91 Å². The van der Waals surface area contributed by atoms with Gasteiger partial charge in [0.25, 0.3) is 5.91 Å². The number of carbonyl (C=O) groups excluding carboxylic acids is 2. The van der Waals surface area contributed by atoms with Crippen molar-refractivity contribution in [2.75, 3.05) is 6.61 Å². The summed E-state index contributed by atoms with van der Waals surface area (Å²) >= 11 is 3.42. The molecule has 5 nitrogen and oxygen atoms in total. The number of nitrogens with zero attached hydrogens (tertiary/aromatic N) is 1. The number of ether oxygens (including phenoxy) is 1. The number of nitrogens with one attached hydrogen (secondary N) is 1. The van der Waals surface area contributed by atoms with Gasteiger partial charge in [-0.3, -0.25) is 9.59 Å². The van der Waals surface area contributed by atoms with E-state index in [2.05, 4.69) is 21.2 Å². The van der Waals surface area contributed by atoms with Crippen LogP contribution in [0.1, 0.15) is 32.8 Å². The summed E-state index contributed by atoms with van der Waals surface area (Å²) in [7, 11) is 0. The van der Waals surface area contributed by atoms with Crippen LogP contribution in [0.15, 0.2) is 53.0 Å². The molecule has 29 heavy (non-hydrogen) atoms. The molecule has 0 aliphatic carbocycles. The number of halogens is 2. The maximum absolute atomic E-state index is 13.8. The molecule has 2 aromatic rings. The highest BCUT2D eigenvalue weighted by Crippen LogP contribution is 2.18. The predicted molar refractivity (Wildman–Crippen MR) is 114 cm³/mol. The van der Waals surface area contributed by atoms with E-state index in [0.717, 1.165) is 16.5 Å². The van der Waals surface area contributed by atoms with E-state index in [1.807, 2.05) is 38.1 Å². The molecule has 0 aliphatic heterocycles. The fraction of sp³-hybridized carbons (Fsp3) is 0.364. The van der Waals surface area contributed by atoms with E-state index >= 15 is 0 Å². The highest BCUT2D eigenvalue weighted by Gasteiger charge is 2.27. The Morgan fingerprint density at radius 3 is 2.55 bits per heavy atom. The summed E-state index contributed by atoms with van der Waals surface area (Å²) in [5.74, 6) is -1.19. The van der Waals surface area contributed by atoms with Crippen LogP contribution in [0, 0.1) is 5.82 Å². The predicted octanol–water partition coefficient (Wildman–Crippen LogP) is 4.30. The van der Waals surface area contributed by atoms with Gasteiger partial charge in [-0.2, -0.15) is 0 Å². The maximum Gasteiger partial charge on any atom is 0.261 e. The zero-order valence-electron chi connectivity index (χ0n) is 16.8. The van der Waals surface area contributed by atoms with Crippen molar-refractivity contribution in [1.29, 1.82) is 0 Å². The van der Waals surface area contributed by atoms with Crippen LogP contribution in [-0.4, -0.2) is 35.4 Å². The molecule has 7 heteroatoms. The SMILES string of the molecule is CCC(C)NC(=O)C(C)N(Cc1cccc(Br)c1)C(=O)COc1ccccc1F. The lowest BCUT2D eigenvalue weighted by Crippen LogP contribution is -2.50. The van der Waals surface area contributed by atoms with Crippen molar-refractivity contribution in [3.8, 4) is 5.75 Å². The summed E-state index contributed by atoms with van der Waals surface area (Å²) < 4.78 is 20.0. The van der Waals surface area contributed by atoms with Crippen LogP contribution in [0.2, 0.25) is 0 Å². The highest BCUT2D eigenvalue weighted by atomic mass is 79.9. The molecule has 0 fully saturated rings. The lowest BCUT2D eigenvalue weighted by Gasteiger charge is -2.29. The topological polar surface area (TPSA) is 58.6 Å². The molecule has 2 amide bonds. The Hall–Kier alpha value is -2.41. The number of benzene rings is 2. The number of rotatable bonds is 9. The standard InChI is InChI=1S/C22H26BrFN2O3/c1-4-15(2)25-22(28)16(3)26(13-17-8-7-9-18(23)12-17)21(27)14-29-20-11-6-5-10-19(20)24/h5-12,15-16H,4,13-14H2,1-3H3,(H,25,28). The Labute approximate surface area is 179 Å². The van der Waals surface area contributed by atoms with E-state index in [9.17, 15) is 14.0 Å². The first-order valence-corrected chi connectivity index (χ1v) is 10.3. The molecule has 0 heterocycles. The number of carbonyl (C=O) groups is 2. The van der Waals surface area contributed by atoms with Gasteiger partial charge in [-0.1, -0.05) is 47.1 Å². The van der Waals surface area contributed by atoms with Crippen molar-refractivity contribution < 1.29 is 18.7 Å². The Kier molecular flexibility index (Phi) is 8.64. The average Bonchev–Trinajstić information content (AvgIpc) is 2.70. The molecule has 0 spiro atoms. The highest BCUT2D eigenvalue weighted by molar-refractivity contribution is 9.10. The molecule has 0 aromatic heterocycles. The molecule has 156 valence electrons. The third-order valence-electron chi connectivity index (χ3n) is 4.60. The third kappa shape index (κ3) is 6.85. The van der Waals surface area contributed by atoms with E-state index in [-0.39, 0.29) is 30.9 Å². The summed E-state index contributed by atoms with van der Waals surface area (Å²) in [5.41, 5.74) is 0.863. The van der Waals surface area contributed by atoms with Crippen LogP contribution >= 0.6 is 15.9 Å². The van der Waals surface area contributed by atoms with Crippen LogP contribution in [0.3, 0.4) is 0 Å². The van der Waals surface area contributed by atoms with Crippen LogP contribution in [-0.2, 0) is 16.1 Å². The van der Waals surface area contributed by atoms with Gasteiger partial charge in [0, 0.05) is 17.1 Å². The maximum atomic E-state index is 13.8. The first kappa shape index (κ1) is 22.9. The van der Waals surface area contributed by atoms with Crippen LogP contribution in [0.4, 0.5) is 4.39 Å². The van der Waals surface area contributed by atoms with Gasteiger partial charge in [-0.05, 0) is 50.1 Å². The van der Waals surface area contributed by atoms with E-state index in [4.69, 9.17) is 4.74 Å². The first-order chi connectivity index (χ1) is 13.8.